The fourth-order valence-electron chi connectivity index (χ4n) is 1.21. The van der Waals surface area contributed by atoms with Crippen LogP contribution in [-0.2, 0) is 12.5 Å². The van der Waals surface area contributed by atoms with Gasteiger partial charge in [0.15, 0.2) is 0 Å². The first-order valence-electron chi connectivity index (χ1n) is 4.01. The lowest BCUT2D eigenvalue weighted by Gasteiger charge is -2.16. The summed E-state index contributed by atoms with van der Waals surface area (Å²) in [5.74, 6) is 0. The Labute approximate surface area is 76.9 Å². The highest BCUT2D eigenvalue weighted by Crippen LogP contribution is 2.27. The summed E-state index contributed by atoms with van der Waals surface area (Å²) in [6.45, 7) is 8.39. The molecule has 0 aliphatic rings. The van der Waals surface area contributed by atoms with Crippen molar-refractivity contribution in [3.63, 3.8) is 0 Å². The van der Waals surface area contributed by atoms with Crippen molar-refractivity contribution in [2.24, 2.45) is 7.05 Å². The van der Waals surface area contributed by atoms with Crippen molar-refractivity contribution in [2.75, 3.05) is 0 Å². The van der Waals surface area contributed by atoms with E-state index in [2.05, 4.69) is 20.8 Å². The molecule has 0 aliphatic carbocycles. The summed E-state index contributed by atoms with van der Waals surface area (Å²) in [6.07, 6.45) is 0. The summed E-state index contributed by atoms with van der Waals surface area (Å²) < 4.78 is 1.71. The molecule has 0 saturated carbocycles. The predicted octanol–water partition coefficient (Wildman–Crippen LogP) is 2.05. The summed E-state index contributed by atoms with van der Waals surface area (Å²) in [6, 6.07) is 0. The van der Waals surface area contributed by atoms with E-state index < -0.39 is 0 Å². The van der Waals surface area contributed by atoms with Crippen LogP contribution in [0.2, 0.25) is 0 Å². The fourth-order valence-corrected chi connectivity index (χ4v) is 2.25. The molecule has 0 fully saturated rings. The highest BCUT2D eigenvalue weighted by molar-refractivity contribution is 7.09. The zero-order valence-electron chi connectivity index (χ0n) is 8.26. The van der Waals surface area contributed by atoms with Crippen LogP contribution in [0.1, 0.15) is 31.3 Å². The molecule has 2 nitrogen and oxygen atoms in total. The Morgan fingerprint density at radius 1 is 1.33 bits per heavy atom. The topological polar surface area (TPSA) is 22.0 Å². The SMILES string of the molecule is Cc1c(C(C)(C)C)sc(=O)n1C. The first kappa shape index (κ1) is 9.52. The van der Waals surface area contributed by atoms with Gasteiger partial charge in [-0.1, -0.05) is 32.1 Å². The lowest BCUT2D eigenvalue weighted by molar-refractivity contribution is 0.593. The smallest absolute Gasteiger partial charge is 0.306 e. The molecule has 1 aromatic rings. The summed E-state index contributed by atoms with van der Waals surface area (Å²) in [7, 11) is 1.82. The fraction of sp³-hybridized carbons (Fsp3) is 0.667. The van der Waals surface area contributed by atoms with Crippen molar-refractivity contribution in [3.8, 4) is 0 Å². The molecule has 1 heterocycles. The van der Waals surface area contributed by atoms with Crippen molar-refractivity contribution >= 4 is 11.3 Å². The van der Waals surface area contributed by atoms with Gasteiger partial charge in [0.2, 0.25) is 0 Å². The van der Waals surface area contributed by atoms with Gasteiger partial charge in [0.05, 0.1) is 0 Å². The molecule has 0 atom stereocenters. The van der Waals surface area contributed by atoms with Gasteiger partial charge in [-0.2, -0.15) is 0 Å². The normalized spacial score (nSPS) is 12.1. The van der Waals surface area contributed by atoms with Gasteiger partial charge in [-0.05, 0) is 12.3 Å². The maximum absolute atomic E-state index is 11.3. The Balaban J connectivity index is 3.38. The molecule has 0 saturated heterocycles. The molecule has 0 amide bonds. The number of hydrogen-bond acceptors (Lipinski definition) is 2. The third-order valence-electron chi connectivity index (χ3n) is 1.98. The summed E-state index contributed by atoms with van der Waals surface area (Å²) >= 11 is 1.36. The van der Waals surface area contributed by atoms with Crippen molar-refractivity contribution in [2.45, 2.75) is 33.1 Å². The van der Waals surface area contributed by atoms with Gasteiger partial charge in [-0.3, -0.25) is 4.79 Å². The van der Waals surface area contributed by atoms with Crippen LogP contribution < -0.4 is 4.87 Å². The number of aromatic nitrogens is 1. The molecule has 0 bridgehead atoms. The van der Waals surface area contributed by atoms with Crippen molar-refractivity contribution in [1.29, 1.82) is 0 Å². The van der Waals surface area contributed by atoms with Crippen LogP contribution in [0.5, 0.6) is 0 Å². The van der Waals surface area contributed by atoms with E-state index in [9.17, 15) is 4.79 Å². The second kappa shape index (κ2) is 2.73. The van der Waals surface area contributed by atoms with Crippen molar-refractivity contribution < 1.29 is 0 Å². The molecule has 1 aromatic heterocycles. The summed E-state index contributed by atoms with van der Waals surface area (Å²) in [5, 5.41) is 0. The van der Waals surface area contributed by atoms with Crippen LogP contribution in [0.15, 0.2) is 4.79 Å². The zero-order valence-corrected chi connectivity index (χ0v) is 9.08. The van der Waals surface area contributed by atoms with Gasteiger partial charge < -0.3 is 4.57 Å². The second-order valence-electron chi connectivity index (χ2n) is 4.09. The van der Waals surface area contributed by atoms with Crippen molar-refractivity contribution in [1.82, 2.24) is 4.57 Å². The maximum atomic E-state index is 11.3. The van der Waals surface area contributed by atoms with Gasteiger partial charge in [0.25, 0.3) is 0 Å². The Morgan fingerprint density at radius 2 is 1.83 bits per heavy atom. The number of hydrogen-bond donors (Lipinski definition) is 0. The van der Waals surface area contributed by atoms with E-state index in [1.54, 1.807) is 4.57 Å². The Morgan fingerprint density at radius 3 is 2.00 bits per heavy atom. The van der Waals surface area contributed by atoms with Crippen molar-refractivity contribution in [3.05, 3.63) is 20.2 Å². The molecule has 0 radical (unpaired) electrons. The largest absolute Gasteiger partial charge is 0.307 e. The third-order valence-corrected chi connectivity index (χ3v) is 3.54. The summed E-state index contributed by atoms with van der Waals surface area (Å²) in [5.41, 5.74) is 1.19. The van der Waals surface area contributed by atoms with Gasteiger partial charge in [-0.15, -0.1) is 0 Å². The lowest BCUT2D eigenvalue weighted by Crippen LogP contribution is -2.12. The average Bonchev–Trinajstić information content (AvgIpc) is 2.15. The third kappa shape index (κ3) is 1.46. The van der Waals surface area contributed by atoms with E-state index in [4.69, 9.17) is 0 Å². The number of thiazole rings is 1. The van der Waals surface area contributed by atoms with Gasteiger partial charge in [-0.25, -0.2) is 0 Å². The average molecular weight is 185 g/mol. The van der Waals surface area contributed by atoms with Crippen LogP contribution in [0.25, 0.3) is 0 Å². The number of nitrogens with zero attached hydrogens (tertiary/aromatic N) is 1. The first-order chi connectivity index (χ1) is 5.34. The van der Waals surface area contributed by atoms with Crippen LogP contribution in [0, 0.1) is 6.92 Å². The van der Waals surface area contributed by atoms with E-state index >= 15 is 0 Å². The molecule has 12 heavy (non-hydrogen) atoms. The van der Waals surface area contributed by atoms with E-state index in [0.717, 1.165) is 5.69 Å². The molecule has 0 unspecified atom stereocenters. The molecule has 0 aromatic carbocycles. The van der Waals surface area contributed by atoms with E-state index in [-0.39, 0.29) is 10.3 Å². The standard InChI is InChI=1S/C9H15NOS/c1-6-7(9(2,3)4)12-8(11)10(6)5/h1-5H3. The molecular weight excluding hydrogens is 170 g/mol. The zero-order chi connectivity index (χ0) is 9.52. The minimum absolute atomic E-state index is 0.0924. The van der Waals surface area contributed by atoms with E-state index in [1.807, 2.05) is 14.0 Å². The Hall–Kier alpha value is -0.570. The van der Waals surface area contributed by atoms with Crippen LogP contribution in [-0.4, -0.2) is 4.57 Å². The lowest BCUT2D eigenvalue weighted by atomic mass is 9.93. The number of rotatable bonds is 0. The van der Waals surface area contributed by atoms with Crippen LogP contribution >= 0.6 is 11.3 Å². The summed E-state index contributed by atoms with van der Waals surface area (Å²) in [4.78, 5) is 12.6. The molecule has 0 N–H and O–H groups in total. The maximum Gasteiger partial charge on any atom is 0.307 e. The Bertz CT molecular complexity index is 340. The van der Waals surface area contributed by atoms with Gasteiger partial charge >= 0.3 is 4.87 Å². The molecular formula is C9H15NOS. The molecule has 0 spiro atoms. The van der Waals surface area contributed by atoms with Crippen LogP contribution in [0.4, 0.5) is 0 Å². The molecule has 68 valence electrons. The quantitative estimate of drug-likeness (QED) is 0.606. The monoisotopic (exact) mass is 185 g/mol. The predicted molar refractivity (Wildman–Crippen MR) is 53.0 cm³/mol. The van der Waals surface area contributed by atoms with E-state index in [1.165, 1.54) is 16.2 Å². The highest BCUT2D eigenvalue weighted by Gasteiger charge is 2.20. The minimum atomic E-state index is 0.0924. The second-order valence-corrected chi connectivity index (χ2v) is 5.05. The minimum Gasteiger partial charge on any atom is -0.306 e. The van der Waals surface area contributed by atoms with Gasteiger partial charge in [0, 0.05) is 17.6 Å². The van der Waals surface area contributed by atoms with E-state index in [0.29, 0.717) is 0 Å². The Kier molecular flexibility index (Phi) is 2.17. The molecule has 1 rings (SSSR count). The highest BCUT2D eigenvalue weighted by atomic mass is 32.1. The molecule has 3 heteroatoms. The van der Waals surface area contributed by atoms with Gasteiger partial charge in [0.1, 0.15) is 0 Å². The molecule has 0 aliphatic heterocycles. The van der Waals surface area contributed by atoms with Crippen LogP contribution in [0.3, 0.4) is 0 Å². The first-order valence-corrected chi connectivity index (χ1v) is 4.82.